The highest BCUT2D eigenvalue weighted by atomic mass is 15.0. The van der Waals surface area contributed by atoms with Crippen molar-refractivity contribution in [2.75, 3.05) is 0 Å². The van der Waals surface area contributed by atoms with Crippen molar-refractivity contribution in [2.45, 2.75) is 0 Å². The van der Waals surface area contributed by atoms with Gasteiger partial charge in [0.05, 0.1) is 11.0 Å². The highest BCUT2D eigenvalue weighted by Gasteiger charge is 2.18. The molecule has 4 nitrogen and oxygen atoms in total. The highest BCUT2D eigenvalue weighted by Crippen LogP contribution is 2.40. The largest absolute Gasteiger partial charge is 0.309 e. The van der Waals surface area contributed by atoms with E-state index < -0.39 is 0 Å². The van der Waals surface area contributed by atoms with E-state index in [0.717, 1.165) is 22.4 Å². The van der Waals surface area contributed by atoms with Gasteiger partial charge in [-0.3, -0.25) is 0 Å². The lowest BCUT2D eigenvalue weighted by molar-refractivity contribution is 1.07. The van der Waals surface area contributed by atoms with Gasteiger partial charge in [-0.15, -0.1) is 0 Å². The first-order chi connectivity index (χ1) is 22.3. The molecule has 0 unspecified atom stereocenters. The van der Waals surface area contributed by atoms with Gasteiger partial charge in [0.25, 0.3) is 0 Å². The molecule has 210 valence electrons. The molecule has 0 aliphatic heterocycles. The van der Waals surface area contributed by atoms with Crippen molar-refractivity contribution >= 4 is 43.4 Å². The number of fused-ring (bicyclic) bond motifs is 7. The molecule has 0 spiro atoms. The van der Waals surface area contributed by atoms with Crippen molar-refractivity contribution in [1.29, 1.82) is 0 Å². The summed E-state index contributed by atoms with van der Waals surface area (Å²) in [5, 5.41) is 7.49. The molecule has 2 aromatic heterocycles. The molecule has 0 amide bonds. The third-order valence-electron chi connectivity index (χ3n) is 8.62. The standard InChI is InChI=1S/C41H26N4/c1-3-13-29(14-4-1)39-42-40(30-15-5-2-6-16-30)44-41(43-39)31-19-23-32(24-20-31)45-36-26-22-27-11-7-9-17-33(27)37(36)35-25-21-28-12-8-10-18-34(28)38(35)45/h1-26H. The van der Waals surface area contributed by atoms with Crippen LogP contribution in [0.25, 0.3) is 83.2 Å². The molecule has 0 radical (unpaired) electrons. The molecule has 7 aromatic carbocycles. The van der Waals surface area contributed by atoms with E-state index in [0.29, 0.717) is 17.5 Å². The van der Waals surface area contributed by atoms with Crippen LogP contribution in [0, 0.1) is 0 Å². The second-order valence-corrected chi connectivity index (χ2v) is 11.3. The number of rotatable bonds is 4. The molecule has 0 fully saturated rings. The van der Waals surface area contributed by atoms with Crippen LogP contribution in [0.2, 0.25) is 0 Å². The van der Waals surface area contributed by atoms with E-state index in [1.165, 1.54) is 43.4 Å². The van der Waals surface area contributed by atoms with Crippen molar-refractivity contribution < 1.29 is 0 Å². The lowest BCUT2D eigenvalue weighted by atomic mass is 10.0. The molecule has 0 saturated heterocycles. The molecule has 0 saturated carbocycles. The van der Waals surface area contributed by atoms with Crippen molar-refractivity contribution in [1.82, 2.24) is 19.5 Å². The van der Waals surface area contributed by atoms with Crippen LogP contribution in [0.4, 0.5) is 0 Å². The van der Waals surface area contributed by atoms with Gasteiger partial charge in [0.2, 0.25) is 0 Å². The lowest BCUT2D eigenvalue weighted by Crippen LogP contribution is -2.00. The van der Waals surface area contributed by atoms with Crippen LogP contribution in [0.3, 0.4) is 0 Å². The van der Waals surface area contributed by atoms with Crippen molar-refractivity contribution in [3.8, 4) is 39.9 Å². The minimum atomic E-state index is 0.646. The zero-order chi connectivity index (χ0) is 29.7. The fourth-order valence-electron chi connectivity index (χ4n) is 6.51. The quantitative estimate of drug-likeness (QED) is 0.210. The third-order valence-corrected chi connectivity index (χ3v) is 8.62. The van der Waals surface area contributed by atoms with E-state index >= 15 is 0 Å². The molecule has 0 N–H and O–H groups in total. The zero-order valence-corrected chi connectivity index (χ0v) is 24.3. The predicted molar refractivity (Wildman–Crippen MR) is 185 cm³/mol. The average molecular weight is 575 g/mol. The van der Waals surface area contributed by atoms with Crippen LogP contribution in [-0.4, -0.2) is 19.5 Å². The Morgan fingerprint density at radius 1 is 0.356 bits per heavy atom. The second kappa shape index (κ2) is 10.2. The van der Waals surface area contributed by atoms with E-state index in [1.54, 1.807) is 0 Å². The van der Waals surface area contributed by atoms with Crippen molar-refractivity contribution in [2.24, 2.45) is 0 Å². The first-order valence-electron chi connectivity index (χ1n) is 15.1. The maximum absolute atomic E-state index is 4.94. The fourth-order valence-corrected chi connectivity index (χ4v) is 6.51. The molecule has 9 rings (SSSR count). The fraction of sp³-hybridized carbons (Fsp3) is 0. The molecule has 45 heavy (non-hydrogen) atoms. The minimum Gasteiger partial charge on any atom is -0.309 e. The molecule has 0 aliphatic carbocycles. The lowest BCUT2D eigenvalue weighted by Gasteiger charge is -2.12. The SMILES string of the molecule is c1ccc(-c2nc(-c3ccccc3)nc(-c3ccc(-n4c5ccc6ccccc6c5c5ccc6ccccc6c54)cc3)n2)cc1. The smallest absolute Gasteiger partial charge is 0.164 e. The molecule has 4 heteroatoms. The Balaban J connectivity index is 1.25. The Bertz CT molecular complexity index is 2460. The van der Waals surface area contributed by atoms with Gasteiger partial charge in [0, 0.05) is 38.5 Å². The number of aromatic nitrogens is 4. The van der Waals surface area contributed by atoms with E-state index in [4.69, 9.17) is 15.0 Å². The van der Waals surface area contributed by atoms with Crippen molar-refractivity contribution in [3.05, 3.63) is 158 Å². The zero-order valence-electron chi connectivity index (χ0n) is 24.3. The highest BCUT2D eigenvalue weighted by molar-refractivity contribution is 6.25. The topological polar surface area (TPSA) is 43.6 Å². The summed E-state index contributed by atoms with van der Waals surface area (Å²) in [4.78, 5) is 14.7. The first-order valence-corrected chi connectivity index (χ1v) is 15.1. The van der Waals surface area contributed by atoms with Gasteiger partial charge in [-0.2, -0.15) is 0 Å². The van der Waals surface area contributed by atoms with Gasteiger partial charge in [-0.25, -0.2) is 15.0 Å². The van der Waals surface area contributed by atoms with Gasteiger partial charge < -0.3 is 4.57 Å². The van der Waals surface area contributed by atoms with Gasteiger partial charge in [0.1, 0.15) is 0 Å². The number of hydrogen-bond donors (Lipinski definition) is 0. The summed E-state index contributed by atoms with van der Waals surface area (Å²) in [5.41, 5.74) is 6.34. The number of hydrogen-bond acceptors (Lipinski definition) is 3. The van der Waals surface area contributed by atoms with Gasteiger partial charge in [-0.1, -0.05) is 127 Å². The molecular weight excluding hydrogens is 548 g/mol. The summed E-state index contributed by atoms with van der Waals surface area (Å²) >= 11 is 0. The Morgan fingerprint density at radius 3 is 1.47 bits per heavy atom. The monoisotopic (exact) mass is 574 g/mol. The van der Waals surface area contributed by atoms with Gasteiger partial charge >= 0.3 is 0 Å². The maximum atomic E-state index is 4.94. The first kappa shape index (κ1) is 25.4. The predicted octanol–water partition coefficient (Wildman–Crippen LogP) is 10.3. The summed E-state index contributed by atoms with van der Waals surface area (Å²) in [6.45, 7) is 0. The summed E-state index contributed by atoms with van der Waals surface area (Å²) < 4.78 is 2.40. The van der Waals surface area contributed by atoms with Crippen LogP contribution >= 0.6 is 0 Å². The van der Waals surface area contributed by atoms with Crippen LogP contribution in [-0.2, 0) is 0 Å². The molecule has 2 heterocycles. The normalized spacial score (nSPS) is 11.6. The number of benzene rings is 7. The van der Waals surface area contributed by atoms with Crippen molar-refractivity contribution in [3.63, 3.8) is 0 Å². The molecule has 9 aromatic rings. The van der Waals surface area contributed by atoms with E-state index in [1.807, 2.05) is 60.7 Å². The van der Waals surface area contributed by atoms with Crippen LogP contribution < -0.4 is 0 Å². The van der Waals surface area contributed by atoms with E-state index in [9.17, 15) is 0 Å². The summed E-state index contributed by atoms with van der Waals surface area (Å²) in [6, 6.07) is 55.1. The minimum absolute atomic E-state index is 0.646. The third kappa shape index (κ3) is 4.19. The average Bonchev–Trinajstić information content (AvgIpc) is 3.48. The van der Waals surface area contributed by atoms with E-state index in [2.05, 4.69) is 102 Å². The van der Waals surface area contributed by atoms with Crippen LogP contribution in [0.15, 0.2) is 158 Å². The van der Waals surface area contributed by atoms with Crippen LogP contribution in [0.1, 0.15) is 0 Å². The Kier molecular flexibility index (Phi) is 5.78. The molecule has 0 atom stereocenters. The summed E-state index contributed by atoms with van der Waals surface area (Å²) in [7, 11) is 0. The Labute approximate surface area is 259 Å². The second-order valence-electron chi connectivity index (χ2n) is 11.3. The Morgan fingerprint density at radius 2 is 0.844 bits per heavy atom. The van der Waals surface area contributed by atoms with Crippen LogP contribution in [0.5, 0.6) is 0 Å². The maximum Gasteiger partial charge on any atom is 0.164 e. The molecular formula is C41H26N4. The van der Waals surface area contributed by atoms with Gasteiger partial charge in [0.15, 0.2) is 17.5 Å². The summed E-state index contributed by atoms with van der Waals surface area (Å²) in [5.74, 6) is 1.96. The Hall–Kier alpha value is -6.13. The number of nitrogens with zero attached hydrogens (tertiary/aromatic N) is 4. The summed E-state index contributed by atoms with van der Waals surface area (Å²) in [6.07, 6.45) is 0. The van der Waals surface area contributed by atoms with E-state index in [-0.39, 0.29) is 0 Å². The molecule has 0 bridgehead atoms. The molecule has 0 aliphatic rings. The van der Waals surface area contributed by atoms with Gasteiger partial charge in [-0.05, 0) is 46.5 Å².